The normalized spacial score (nSPS) is 23.7. The van der Waals surface area contributed by atoms with E-state index in [2.05, 4.69) is 6.92 Å². The Labute approximate surface area is 143 Å². The van der Waals surface area contributed by atoms with Gasteiger partial charge in [0.15, 0.2) is 11.5 Å². The number of benzene rings is 1. The van der Waals surface area contributed by atoms with Crippen LogP contribution in [0.4, 0.5) is 0 Å². The third kappa shape index (κ3) is 3.90. The second-order valence-corrected chi connectivity index (χ2v) is 6.23. The van der Waals surface area contributed by atoms with Gasteiger partial charge in [0.25, 0.3) is 5.91 Å². The van der Waals surface area contributed by atoms with E-state index in [9.17, 15) is 4.79 Å². The number of amides is 1. The highest BCUT2D eigenvalue weighted by Gasteiger charge is 2.30. The summed E-state index contributed by atoms with van der Waals surface area (Å²) in [7, 11) is 0. The van der Waals surface area contributed by atoms with E-state index in [1.807, 2.05) is 17.0 Å². The number of nitrogens with two attached hydrogens (primary N) is 1. The molecule has 23 heavy (non-hydrogen) atoms. The first-order valence-corrected chi connectivity index (χ1v) is 8.09. The molecule has 0 bridgehead atoms. The summed E-state index contributed by atoms with van der Waals surface area (Å²) in [5, 5.41) is 0. The highest BCUT2D eigenvalue weighted by atomic mass is 35.5. The van der Waals surface area contributed by atoms with Gasteiger partial charge in [0.2, 0.25) is 0 Å². The predicted molar refractivity (Wildman–Crippen MR) is 91.6 cm³/mol. The fourth-order valence-corrected chi connectivity index (χ4v) is 3.20. The molecule has 0 saturated carbocycles. The summed E-state index contributed by atoms with van der Waals surface area (Å²) in [5.74, 6) is 2.05. The number of rotatable bonds is 2. The van der Waals surface area contributed by atoms with Gasteiger partial charge in [-0.15, -0.1) is 12.4 Å². The van der Waals surface area contributed by atoms with Gasteiger partial charge >= 0.3 is 0 Å². The van der Waals surface area contributed by atoms with E-state index in [0.29, 0.717) is 37.0 Å². The van der Waals surface area contributed by atoms with E-state index < -0.39 is 0 Å². The van der Waals surface area contributed by atoms with Crippen molar-refractivity contribution in [3.05, 3.63) is 23.8 Å². The largest absolute Gasteiger partial charge is 0.490 e. The third-order valence-corrected chi connectivity index (χ3v) is 4.51. The van der Waals surface area contributed by atoms with Crippen molar-refractivity contribution < 1.29 is 14.3 Å². The maximum atomic E-state index is 12.8. The zero-order valence-electron chi connectivity index (χ0n) is 13.5. The van der Waals surface area contributed by atoms with Crippen LogP contribution >= 0.6 is 12.4 Å². The molecule has 2 N–H and O–H groups in total. The first kappa shape index (κ1) is 17.9. The molecule has 1 aromatic carbocycles. The Balaban J connectivity index is 0.00000192. The van der Waals surface area contributed by atoms with E-state index in [1.54, 1.807) is 6.07 Å². The van der Waals surface area contributed by atoms with Crippen LogP contribution in [0.3, 0.4) is 0 Å². The number of carbonyl (C=O) groups excluding carboxylic acids is 1. The van der Waals surface area contributed by atoms with Crippen molar-refractivity contribution in [3.63, 3.8) is 0 Å². The van der Waals surface area contributed by atoms with Crippen molar-refractivity contribution in [2.75, 3.05) is 26.3 Å². The van der Waals surface area contributed by atoms with Crippen molar-refractivity contribution in [2.45, 2.75) is 32.2 Å². The molecule has 1 amide bonds. The Morgan fingerprint density at radius 1 is 1.30 bits per heavy atom. The molecular formula is C17H25ClN2O3. The summed E-state index contributed by atoms with van der Waals surface area (Å²) in [4.78, 5) is 14.7. The number of likely N-dealkylation sites (tertiary alicyclic amines) is 1. The van der Waals surface area contributed by atoms with Crippen molar-refractivity contribution in [2.24, 2.45) is 11.7 Å². The Morgan fingerprint density at radius 2 is 2.04 bits per heavy atom. The third-order valence-electron chi connectivity index (χ3n) is 4.51. The zero-order valence-corrected chi connectivity index (χ0v) is 14.3. The molecule has 2 heterocycles. The molecule has 3 rings (SSSR count). The van der Waals surface area contributed by atoms with E-state index in [1.165, 1.54) is 0 Å². The maximum absolute atomic E-state index is 12.8. The number of hydrogen-bond donors (Lipinski definition) is 1. The van der Waals surface area contributed by atoms with E-state index in [-0.39, 0.29) is 24.4 Å². The summed E-state index contributed by atoms with van der Waals surface area (Å²) < 4.78 is 11.3. The van der Waals surface area contributed by atoms with Crippen LogP contribution in [0.5, 0.6) is 11.5 Å². The lowest BCUT2D eigenvalue weighted by atomic mass is 9.92. The first-order chi connectivity index (χ1) is 10.7. The topological polar surface area (TPSA) is 64.8 Å². The lowest BCUT2D eigenvalue weighted by Crippen LogP contribution is -2.49. The fraction of sp³-hybridized carbons (Fsp3) is 0.588. The van der Waals surface area contributed by atoms with Crippen LogP contribution in [0, 0.1) is 5.92 Å². The number of hydrogen-bond acceptors (Lipinski definition) is 4. The first-order valence-electron chi connectivity index (χ1n) is 8.09. The smallest absolute Gasteiger partial charge is 0.254 e. The van der Waals surface area contributed by atoms with E-state index >= 15 is 0 Å². The number of fused-ring (bicyclic) bond motifs is 1. The minimum absolute atomic E-state index is 0. The van der Waals surface area contributed by atoms with E-state index in [0.717, 1.165) is 31.6 Å². The molecule has 2 aliphatic heterocycles. The van der Waals surface area contributed by atoms with Crippen LogP contribution in [0.25, 0.3) is 0 Å². The van der Waals surface area contributed by atoms with Crippen LogP contribution in [0.15, 0.2) is 18.2 Å². The van der Waals surface area contributed by atoms with Gasteiger partial charge in [0.1, 0.15) is 0 Å². The van der Waals surface area contributed by atoms with Gasteiger partial charge in [-0.3, -0.25) is 4.79 Å². The molecule has 6 heteroatoms. The van der Waals surface area contributed by atoms with E-state index in [4.69, 9.17) is 15.2 Å². The SMILES string of the molecule is CC1CCN(C(=O)c2ccc3c(c2)OCCCO3)C(CN)C1.Cl. The minimum atomic E-state index is 0. The number of halogens is 1. The van der Waals surface area contributed by atoms with Gasteiger partial charge in [-0.2, -0.15) is 0 Å². The Hall–Kier alpha value is -1.46. The zero-order chi connectivity index (χ0) is 15.5. The fourth-order valence-electron chi connectivity index (χ4n) is 3.20. The molecule has 0 spiro atoms. The maximum Gasteiger partial charge on any atom is 0.254 e. The molecule has 1 fully saturated rings. The Kier molecular flexibility index (Phi) is 6.13. The van der Waals surface area contributed by atoms with Crippen molar-refractivity contribution in [3.8, 4) is 11.5 Å². The quantitative estimate of drug-likeness (QED) is 0.898. The van der Waals surface area contributed by atoms with Crippen molar-refractivity contribution in [1.29, 1.82) is 0 Å². The summed E-state index contributed by atoms with van der Waals surface area (Å²) in [6, 6.07) is 5.58. The molecule has 0 radical (unpaired) electrons. The second kappa shape index (κ2) is 7.88. The number of piperidine rings is 1. The average molecular weight is 341 g/mol. The lowest BCUT2D eigenvalue weighted by Gasteiger charge is -2.38. The Morgan fingerprint density at radius 3 is 2.78 bits per heavy atom. The van der Waals surface area contributed by atoms with Crippen LogP contribution in [-0.4, -0.2) is 43.2 Å². The predicted octanol–water partition coefficient (Wildman–Crippen LogP) is 2.47. The minimum Gasteiger partial charge on any atom is -0.490 e. The van der Waals surface area contributed by atoms with Gasteiger partial charge in [-0.25, -0.2) is 0 Å². The highest BCUT2D eigenvalue weighted by molar-refractivity contribution is 5.95. The molecule has 128 valence electrons. The number of carbonyl (C=O) groups is 1. The van der Waals surface area contributed by atoms with Crippen molar-refractivity contribution in [1.82, 2.24) is 4.90 Å². The molecular weight excluding hydrogens is 316 g/mol. The summed E-state index contributed by atoms with van der Waals surface area (Å²) in [6.45, 7) is 4.78. The van der Waals surface area contributed by atoms with Crippen molar-refractivity contribution >= 4 is 18.3 Å². The summed E-state index contributed by atoms with van der Waals surface area (Å²) in [6.07, 6.45) is 2.87. The molecule has 2 aliphatic rings. The summed E-state index contributed by atoms with van der Waals surface area (Å²) >= 11 is 0. The van der Waals surface area contributed by atoms with Gasteiger partial charge in [0.05, 0.1) is 13.2 Å². The average Bonchev–Trinajstić information content (AvgIpc) is 2.78. The van der Waals surface area contributed by atoms with Crippen LogP contribution in [-0.2, 0) is 0 Å². The number of nitrogens with zero attached hydrogens (tertiary/aromatic N) is 1. The number of ether oxygens (including phenoxy) is 2. The van der Waals surface area contributed by atoms with Gasteiger partial charge in [0, 0.05) is 31.1 Å². The molecule has 0 aliphatic carbocycles. The lowest BCUT2D eigenvalue weighted by molar-refractivity contribution is 0.0573. The molecule has 5 nitrogen and oxygen atoms in total. The van der Waals surface area contributed by atoms with Crippen LogP contribution in [0.2, 0.25) is 0 Å². The molecule has 2 unspecified atom stereocenters. The van der Waals surface area contributed by atoms with Gasteiger partial charge in [-0.1, -0.05) is 6.92 Å². The van der Waals surface area contributed by atoms with Gasteiger partial charge in [-0.05, 0) is 37.0 Å². The van der Waals surface area contributed by atoms with Crippen LogP contribution < -0.4 is 15.2 Å². The second-order valence-electron chi connectivity index (χ2n) is 6.23. The molecule has 1 aromatic rings. The summed E-state index contributed by atoms with van der Waals surface area (Å²) in [5.41, 5.74) is 6.51. The monoisotopic (exact) mass is 340 g/mol. The van der Waals surface area contributed by atoms with Gasteiger partial charge < -0.3 is 20.1 Å². The molecule has 1 saturated heterocycles. The molecule has 2 atom stereocenters. The standard InChI is InChI=1S/C17H24N2O3.ClH/c1-12-5-6-19(14(9-12)11-18)17(20)13-3-4-15-16(10-13)22-8-2-7-21-15;/h3-4,10,12,14H,2,5-9,11,18H2,1H3;1H. The Bertz CT molecular complexity index is 553. The molecule has 0 aromatic heterocycles. The highest BCUT2D eigenvalue weighted by Crippen LogP contribution is 2.32. The van der Waals surface area contributed by atoms with Crippen LogP contribution in [0.1, 0.15) is 36.5 Å².